The molecule has 2 aliphatic carbocycles. The van der Waals surface area contributed by atoms with E-state index < -0.39 is 0 Å². The molecular formula is C36H28S. The van der Waals surface area contributed by atoms with Crippen molar-refractivity contribution in [3.05, 3.63) is 142 Å². The Labute approximate surface area is 223 Å². The lowest BCUT2D eigenvalue weighted by atomic mass is 9.65. The highest BCUT2D eigenvalue weighted by molar-refractivity contribution is 7.99. The van der Waals surface area contributed by atoms with Crippen LogP contribution in [0, 0.1) is 6.92 Å². The number of aryl methyl sites for hydroxylation is 2. The molecule has 37 heavy (non-hydrogen) atoms. The molecule has 5 aromatic carbocycles. The van der Waals surface area contributed by atoms with Crippen LogP contribution in [0.1, 0.15) is 51.8 Å². The fraction of sp³-hybridized carbons (Fsp3) is 0.167. The summed E-state index contributed by atoms with van der Waals surface area (Å²) in [5.74, 6) is 0. The van der Waals surface area contributed by atoms with Gasteiger partial charge in [0.1, 0.15) is 0 Å². The lowest BCUT2D eigenvalue weighted by Gasteiger charge is -2.41. The van der Waals surface area contributed by atoms with Crippen LogP contribution in [0.25, 0.3) is 22.3 Å². The van der Waals surface area contributed by atoms with E-state index in [0.29, 0.717) is 0 Å². The molecule has 0 saturated carbocycles. The van der Waals surface area contributed by atoms with Crippen LogP contribution in [0.5, 0.6) is 0 Å². The predicted octanol–water partition coefficient (Wildman–Crippen LogP) is 9.37. The molecule has 1 spiro atoms. The van der Waals surface area contributed by atoms with Crippen LogP contribution in [0.15, 0.2) is 113 Å². The van der Waals surface area contributed by atoms with Gasteiger partial charge < -0.3 is 0 Å². The van der Waals surface area contributed by atoms with E-state index in [1.54, 1.807) is 11.1 Å². The van der Waals surface area contributed by atoms with Crippen LogP contribution in [-0.2, 0) is 18.3 Å². The van der Waals surface area contributed by atoms with Crippen LogP contribution in [-0.4, -0.2) is 0 Å². The largest absolute Gasteiger partial charge is 0.0887 e. The second-order valence-corrected chi connectivity index (χ2v) is 11.8. The average Bonchev–Trinajstić information content (AvgIpc) is 3.24. The molecule has 1 aliphatic heterocycles. The van der Waals surface area contributed by atoms with Gasteiger partial charge in [-0.1, -0.05) is 109 Å². The fourth-order valence-electron chi connectivity index (χ4n) is 7.40. The first-order valence-corrected chi connectivity index (χ1v) is 14.3. The fourth-order valence-corrected chi connectivity index (χ4v) is 8.81. The normalized spacial score (nSPS) is 15.9. The van der Waals surface area contributed by atoms with Crippen molar-refractivity contribution in [3.63, 3.8) is 0 Å². The summed E-state index contributed by atoms with van der Waals surface area (Å²) in [5.41, 5.74) is 15.5. The number of hydrogen-bond acceptors (Lipinski definition) is 1. The molecule has 0 bridgehead atoms. The Balaban J connectivity index is 1.53. The zero-order chi connectivity index (χ0) is 24.6. The van der Waals surface area contributed by atoms with Gasteiger partial charge in [0.05, 0.1) is 5.41 Å². The summed E-state index contributed by atoms with van der Waals surface area (Å²) >= 11 is 1.98. The zero-order valence-electron chi connectivity index (χ0n) is 21.1. The Hall–Kier alpha value is -3.55. The Morgan fingerprint density at radius 1 is 0.568 bits per heavy atom. The molecule has 0 amide bonds. The highest BCUT2D eigenvalue weighted by Gasteiger charge is 2.51. The van der Waals surface area contributed by atoms with Gasteiger partial charge in [0.2, 0.25) is 0 Å². The van der Waals surface area contributed by atoms with E-state index in [4.69, 9.17) is 0 Å². The predicted molar refractivity (Wildman–Crippen MR) is 155 cm³/mol. The van der Waals surface area contributed by atoms with Crippen molar-refractivity contribution >= 4 is 11.8 Å². The molecule has 0 nitrogen and oxygen atoms in total. The second kappa shape index (κ2) is 7.97. The quantitative estimate of drug-likeness (QED) is 0.220. The third-order valence-electron chi connectivity index (χ3n) is 8.88. The van der Waals surface area contributed by atoms with Crippen LogP contribution in [0.2, 0.25) is 0 Å². The first-order chi connectivity index (χ1) is 18.3. The van der Waals surface area contributed by atoms with E-state index in [1.807, 2.05) is 11.8 Å². The van der Waals surface area contributed by atoms with Crippen LogP contribution in [0.3, 0.4) is 0 Å². The molecule has 0 N–H and O–H groups in total. The SMILES string of the molecule is Cc1ccc(-c2cccc3c2CCCC3)c2c1C1(c3ccccc3S2)c2ccccc2-c2ccccc21. The van der Waals surface area contributed by atoms with E-state index >= 15 is 0 Å². The molecule has 178 valence electrons. The maximum atomic E-state index is 2.40. The van der Waals surface area contributed by atoms with Gasteiger partial charge >= 0.3 is 0 Å². The maximum absolute atomic E-state index is 2.40. The minimum absolute atomic E-state index is 0.306. The minimum Gasteiger partial charge on any atom is -0.0887 e. The van der Waals surface area contributed by atoms with E-state index in [-0.39, 0.29) is 5.41 Å². The molecule has 1 heterocycles. The molecule has 0 atom stereocenters. The Morgan fingerprint density at radius 3 is 2.00 bits per heavy atom. The van der Waals surface area contributed by atoms with Gasteiger partial charge in [-0.05, 0) is 99.9 Å². The van der Waals surface area contributed by atoms with Gasteiger partial charge in [0, 0.05) is 9.79 Å². The van der Waals surface area contributed by atoms with Gasteiger partial charge in [-0.2, -0.15) is 0 Å². The first-order valence-electron chi connectivity index (χ1n) is 13.5. The van der Waals surface area contributed by atoms with Crippen molar-refractivity contribution in [1.29, 1.82) is 0 Å². The topological polar surface area (TPSA) is 0 Å². The van der Waals surface area contributed by atoms with Crippen molar-refractivity contribution in [2.45, 2.75) is 47.8 Å². The summed E-state index contributed by atoms with van der Waals surface area (Å²) in [7, 11) is 0. The van der Waals surface area contributed by atoms with E-state index in [0.717, 1.165) is 0 Å². The Bertz CT molecular complexity index is 1680. The summed E-state index contributed by atoms with van der Waals surface area (Å²) < 4.78 is 0. The third kappa shape index (κ3) is 2.81. The molecule has 0 fully saturated rings. The summed E-state index contributed by atoms with van der Waals surface area (Å²) in [5, 5.41) is 0. The highest BCUT2D eigenvalue weighted by atomic mass is 32.2. The van der Waals surface area contributed by atoms with E-state index in [9.17, 15) is 0 Å². The molecule has 1 heteroatoms. The molecule has 3 aliphatic rings. The van der Waals surface area contributed by atoms with Crippen molar-refractivity contribution in [1.82, 2.24) is 0 Å². The number of rotatable bonds is 1. The van der Waals surface area contributed by atoms with Gasteiger partial charge in [-0.15, -0.1) is 0 Å². The Morgan fingerprint density at radius 2 is 1.22 bits per heavy atom. The summed E-state index contributed by atoms with van der Waals surface area (Å²) in [6, 6.07) is 39.2. The van der Waals surface area contributed by atoms with Gasteiger partial charge in [0.15, 0.2) is 0 Å². The number of hydrogen-bond donors (Lipinski definition) is 0. The third-order valence-corrected chi connectivity index (χ3v) is 10.1. The Kier molecular flexibility index (Phi) is 4.64. The van der Waals surface area contributed by atoms with E-state index in [2.05, 4.69) is 110 Å². The zero-order valence-corrected chi connectivity index (χ0v) is 21.9. The lowest BCUT2D eigenvalue weighted by molar-refractivity contribution is 0.686. The molecular weight excluding hydrogens is 464 g/mol. The molecule has 8 rings (SSSR count). The smallest absolute Gasteiger partial charge is 0.0738 e. The van der Waals surface area contributed by atoms with Crippen molar-refractivity contribution in [2.24, 2.45) is 0 Å². The first kappa shape index (κ1) is 21.5. The van der Waals surface area contributed by atoms with Crippen LogP contribution < -0.4 is 0 Å². The summed E-state index contributed by atoms with van der Waals surface area (Å²) in [6.07, 6.45) is 4.99. The monoisotopic (exact) mass is 492 g/mol. The minimum atomic E-state index is -0.306. The molecule has 0 saturated heterocycles. The summed E-state index contributed by atoms with van der Waals surface area (Å²) in [4.78, 5) is 2.81. The van der Waals surface area contributed by atoms with Gasteiger partial charge in [0.25, 0.3) is 0 Å². The average molecular weight is 493 g/mol. The van der Waals surface area contributed by atoms with E-state index in [1.165, 1.54) is 85.5 Å². The molecule has 5 aromatic rings. The molecule has 0 aromatic heterocycles. The molecule has 0 unspecified atom stereocenters. The number of fused-ring (bicyclic) bond motifs is 10. The highest BCUT2D eigenvalue weighted by Crippen LogP contribution is 2.64. The van der Waals surface area contributed by atoms with Crippen LogP contribution >= 0.6 is 11.8 Å². The van der Waals surface area contributed by atoms with Crippen molar-refractivity contribution in [2.75, 3.05) is 0 Å². The summed E-state index contributed by atoms with van der Waals surface area (Å²) in [6.45, 7) is 2.32. The van der Waals surface area contributed by atoms with Gasteiger partial charge in [-0.3, -0.25) is 0 Å². The van der Waals surface area contributed by atoms with Crippen molar-refractivity contribution in [3.8, 4) is 22.3 Å². The van der Waals surface area contributed by atoms with Gasteiger partial charge in [-0.25, -0.2) is 0 Å². The standard InChI is InChI=1S/C36H28S/c1-23-21-22-29(26-16-10-12-24-11-2-3-13-25(24)26)35-34(23)36(32-19-8-9-20-33(32)37-35)30-17-6-4-14-27(30)28-15-5-7-18-31(28)36/h4-10,12,14-22H,2-3,11,13H2,1H3. The maximum Gasteiger partial charge on any atom is 0.0738 e. The number of benzene rings is 5. The van der Waals surface area contributed by atoms with Crippen molar-refractivity contribution < 1.29 is 0 Å². The molecule has 0 radical (unpaired) electrons. The second-order valence-electron chi connectivity index (χ2n) is 10.7. The lowest BCUT2D eigenvalue weighted by Crippen LogP contribution is -2.33. The van der Waals surface area contributed by atoms with Crippen LogP contribution in [0.4, 0.5) is 0 Å².